The van der Waals surface area contributed by atoms with Gasteiger partial charge in [0, 0.05) is 6.42 Å². The number of aliphatic hydroxyl groups is 1. The van der Waals surface area contributed by atoms with Gasteiger partial charge in [0.2, 0.25) is 12.2 Å². The summed E-state index contributed by atoms with van der Waals surface area (Å²) in [5.41, 5.74) is -1.21. The van der Waals surface area contributed by atoms with Crippen LogP contribution in [0.5, 0.6) is 0 Å². The van der Waals surface area contributed by atoms with E-state index in [1.165, 1.54) is 0 Å². The highest BCUT2D eigenvalue weighted by atomic mass is 16.7. The molecule has 15 heavy (non-hydrogen) atoms. The minimum atomic E-state index is -1.21. The fourth-order valence-corrected chi connectivity index (χ4v) is 2.47. The molecule has 1 aromatic rings. The maximum absolute atomic E-state index is 10.3. The van der Waals surface area contributed by atoms with Crippen LogP contribution in [0.4, 0.5) is 5.95 Å². The number of anilines is 1. The van der Waals surface area contributed by atoms with Crippen LogP contribution in [0, 0.1) is 0 Å². The lowest BCUT2D eigenvalue weighted by atomic mass is 9.95. The molecule has 0 saturated carbocycles. The number of hydrogen-bond acceptors (Lipinski definition) is 7. The van der Waals surface area contributed by atoms with Crippen LogP contribution in [0.2, 0.25) is 0 Å². The highest BCUT2D eigenvalue weighted by molar-refractivity contribution is 5.32. The van der Waals surface area contributed by atoms with Gasteiger partial charge in [-0.15, -0.1) is 0 Å². The van der Waals surface area contributed by atoms with Crippen LogP contribution < -0.4 is 5.32 Å². The predicted octanol–water partition coefficient (Wildman–Crippen LogP) is -1.53. The van der Waals surface area contributed by atoms with Gasteiger partial charge >= 0.3 is 0 Å². The first-order valence-electron chi connectivity index (χ1n) is 4.82. The smallest absolute Gasteiger partial charge is 0.245 e. The Morgan fingerprint density at radius 3 is 3.47 bits per heavy atom. The third kappa shape index (κ3) is 0.845. The molecule has 3 aliphatic rings. The van der Waals surface area contributed by atoms with E-state index in [0.29, 0.717) is 19.0 Å². The molecule has 2 N–H and O–H groups in total. The summed E-state index contributed by atoms with van der Waals surface area (Å²) in [5, 5.41) is 24.4. The van der Waals surface area contributed by atoms with Crippen molar-refractivity contribution in [1.29, 1.82) is 0 Å². The van der Waals surface area contributed by atoms with E-state index in [0.717, 1.165) is 0 Å². The van der Waals surface area contributed by atoms with Crippen molar-refractivity contribution in [2.75, 3.05) is 11.9 Å². The van der Waals surface area contributed by atoms with Crippen molar-refractivity contribution in [2.45, 2.75) is 30.6 Å². The van der Waals surface area contributed by atoms with Crippen molar-refractivity contribution >= 4 is 5.95 Å². The Labute approximate surface area is 84.2 Å². The van der Waals surface area contributed by atoms with Crippen LogP contribution in [-0.2, 0) is 9.47 Å². The molecular formula is C7H9N5O3. The van der Waals surface area contributed by atoms with Crippen LogP contribution in [0.25, 0.3) is 0 Å². The summed E-state index contributed by atoms with van der Waals surface area (Å²) < 4.78 is 12.6. The zero-order valence-electron chi connectivity index (χ0n) is 7.70. The zero-order chi connectivity index (χ0) is 10.0. The third-order valence-corrected chi connectivity index (χ3v) is 3.18. The second-order valence-electron chi connectivity index (χ2n) is 4.11. The van der Waals surface area contributed by atoms with E-state index in [2.05, 4.69) is 20.8 Å². The summed E-state index contributed by atoms with van der Waals surface area (Å²) in [6.45, 7) is 0.471. The summed E-state index contributed by atoms with van der Waals surface area (Å²) in [4.78, 5) is 0. The summed E-state index contributed by atoms with van der Waals surface area (Å²) >= 11 is 0. The van der Waals surface area contributed by atoms with Gasteiger partial charge in [0.15, 0.2) is 5.72 Å². The van der Waals surface area contributed by atoms with E-state index >= 15 is 0 Å². The third-order valence-electron chi connectivity index (χ3n) is 3.18. The van der Waals surface area contributed by atoms with Crippen LogP contribution in [0.1, 0.15) is 12.5 Å². The summed E-state index contributed by atoms with van der Waals surface area (Å²) in [7, 11) is 0. The molecule has 0 amide bonds. The van der Waals surface area contributed by atoms with E-state index in [-0.39, 0.29) is 12.1 Å². The van der Waals surface area contributed by atoms with Gasteiger partial charge in [0.1, 0.15) is 6.10 Å². The van der Waals surface area contributed by atoms with E-state index in [9.17, 15) is 5.11 Å². The average Bonchev–Trinajstić information content (AvgIpc) is 2.80. The number of nitrogens with zero attached hydrogens (tertiary/aromatic N) is 4. The Balaban J connectivity index is 1.89. The standard InChI is InChI=1S/C7H9N5O3/c13-7-1-3(4-2-14-5(7)15-4)12-6(8-7)9-10-11-12/h3-5,13H,1-2H2,(H,8,9,11)/t3-,4?,5+,7?/m1/s1. The minimum absolute atomic E-state index is 0.0556. The van der Waals surface area contributed by atoms with E-state index < -0.39 is 12.0 Å². The highest BCUT2D eigenvalue weighted by Crippen LogP contribution is 2.44. The Bertz CT molecular complexity index is 423. The number of rotatable bonds is 0. The van der Waals surface area contributed by atoms with Crippen LogP contribution in [0.15, 0.2) is 0 Å². The molecule has 8 heteroatoms. The van der Waals surface area contributed by atoms with Crippen molar-refractivity contribution in [3.8, 4) is 0 Å². The van der Waals surface area contributed by atoms with Crippen molar-refractivity contribution in [2.24, 2.45) is 0 Å². The van der Waals surface area contributed by atoms with Gasteiger partial charge < -0.3 is 19.9 Å². The highest BCUT2D eigenvalue weighted by Gasteiger charge is 2.57. The molecule has 4 bridgehead atoms. The SMILES string of the molecule is OC12C[C@H](C3CO[C@H]1O3)n1nnnc1N2. The average molecular weight is 211 g/mol. The van der Waals surface area contributed by atoms with Gasteiger partial charge in [-0.05, 0) is 10.4 Å². The van der Waals surface area contributed by atoms with Crippen molar-refractivity contribution in [3.05, 3.63) is 0 Å². The number of nitrogens with one attached hydrogen (secondary N) is 1. The minimum Gasteiger partial charge on any atom is -0.366 e. The van der Waals surface area contributed by atoms with Crippen LogP contribution in [-0.4, -0.2) is 50.0 Å². The second-order valence-corrected chi connectivity index (χ2v) is 4.11. The molecule has 4 heterocycles. The largest absolute Gasteiger partial charge is 0.366 e. The molecule has 2 saturated heterocycles. The molecule has 0 spiro atoms. The van der Waals surface area contributed by atoms with Gasteiger partial charge in [0.05, 0.1) is 12.6 Å². The molecule has 3 aliphatic heterocycles. The lowest BCUT2D eigenvalue weighted by Gasteiger charge is -2.43. The number of fused-ring (bicyclic) bond motifs is 8. The Hall–Kier alpha value is -1.25. The van der Waals surface area contributed by atoms with Gasteiger partial charge in [-0.1, -0.05) is 5.10 Å². The molecule has 2 unspecified atom stereocenters. The fraction of sp³-hybridized carbons (Fsp3) is 0.857. The van der Waals surface area contributed by atoms with Crippen molar-refractivity contribution < 1.29 is 14.6 Å². The normalized spacial score (nSPS) is 46.1. The first-order valence-corrected chi connectivity index (χ1v) is 4.82. The number of ether oxygens (including phenoxy) is 2. The molecular weight excluding hydrogens is 202 g/mol. The maximum Gasteiger partial charge on any atom is 0.245 e. The van der Waals surface area contributed by atoms with Gasteiger partial charge in [-0.2, -0.15) is 0 Å². The van der Waals surface area contributed by atoms with E-state index in [1.807, 2.05) is 0 Å². The maximum atomic E-state index is 10.3. The topological polar surface area (TPSA) is 94.3 Å². The van der Waals surface area contributed by atoms with Crippen LogP contribution in [0.3, 0.4) is 0 Å². The van der Waals surface area contributed by atoms with Gasteiger partial charge in [0.25, 0.3) is 0 Å². The van der Waals surface area contributed by atoms with Crippen LogP contribution >= 0.6 is 0 Å². The molecule has 2 fully saturated rings. The van der Waals surface area contributed by atoms with Gasteiger partial charge in [-0.3, -0.25) is 0 Å². The molecule has 1 aromatic heterocycles. The Morgan fingerprint density at radius 2 is 2.53 bits per heavy atom. The number of tetrazole rings is 1. The lowest BCUT2D eigenvalue weighted by molar-refractivity contribution is -0.215. The zero-order valence-corrected chi connectivity index (χ0v) is 7.70. The van der Waals surface area contributed by atoms with E-state index in [1.54, 1.807) is 4.68 Å². The molecule has 0 aromatic carbocycles. The molecule has 0 radical (unpaired) electrons. The first-order chi connectivity index (χ1) is 7.26. The Kier molecular flexibility index (Phi) is 1.21. The summed E-state index contributed by atoms with van der Waals surface area (Å²) in [6.07, 6.45) is -0.191. The van der Waals surface area contributed by atoms with Crippen molar-refractivity contribution in [1.82, 2.24) is 20.2 Å². The summed E-state index contributed by atoms with van der Waals surface area (Å²) in [6, 6.07) is -0.0556. The monoisotopic (exact) mass is 211 g/mol. The number of aromatic nitrogens is 4. The second kappa shape index (κ2) is 2.29. The molecule has 80 valence electrons. The Morgan fingerprint density at radius 1 is 1.60 bits per heavy atom. The van der Waals surface area contributed by atoms with Gasteiger partial charge in [-0.25, -0.2) is 4.68 Å². The molecule has 0 aliphatic carbocycles. The molecule has 8 nitrogen and oxygen atoms in total. The van der Waals surface area contributed by atoms with E-state index in [4.69, 9.17) is 9.47 Å². The first kappa shape index (κ1) is 7.97. The lowest BCUT2D eigenvalue weighted by Crippen LogP contribution is -2.58. The fourth-order valence-electron chi connectivity index (χ4n) is 2.47. The molecule has 4 rings (SSSR count). The molecule has 4 atom stereocenters. The summed E-state index contributed by atoms with van der Waals surface area (Å²) in [5.74, 6) is 0.470. The van der Waals surface area contributed by atoms with Crippen molar-refractivity contribution in [3.63, 3.8) is 0 Å². The predicted molar refractivity (Wildman–Crippen MR) is 44.7 cm³/mol. The quantitative estimate of drug-likeness (QED) is 0.537. The number of hydrogen-bond donors (Lipinski definition) is 2.